The molecule has 3 heteroatoms. The molecule has 1 aromatic rings. The van der Waals surface area contributed by atoms with Gasteiger partial charge in [-0.25, -0.2) is 0 Å². The van der Waals surface area contributed by atoms with Gasteiger partial charge in [0.25, 0.3) is 0 Å². The Bertz CT molecular complexity index is 290. The van der Waals surface area contributed by atoms with Gasteiger partial charge >= 0.3 is 0 Å². The molecule has 0 aliphatic carbocycles. The first-order chi connectivity index (χ1) is 8.24. The van der Waals surface area contributed by atoms with E-state index in [0.29, 0.717) is 19.3 Å². The molecule has 0 heterocycles. The van der Waals surface area contributed by atoms with Crippen LogP contribution in [0.2, 0.25) is 0 Å². The molecule has 0 aromatic heterocycles. The quantitative estimate of drug-likeness (QED) is 0.705. The zero-order valence-corrected chi connectivity index (χ0v) is 11.0. The lowest BCUT2D eigenvalue weighted by Gasteiger charge is -2.21. The lowest BCUT2D eigenvalue weighted by atomic mass is 10.2. The van der Waals surface area contributed by atoms with Gasteiger partial charge in [0, 0.05) is 6.04 Å². The van der Waals surface area contributed by atoms with Crippen molar-refractivity contribution in [3.8, 4) is 5.75 Å². The van der Waals surface area contributed by atoms with Gasteiger partial charge in [-0.2, -0.15) is 0 Å². The zero-order valence-electron chi connectivity index (χ0n) is 11.0. The molecule has 0 radical (unpaired) electrons. The van der Waals surface area contributed by atoms with Crippen molar-refractivity contribution in [1.29, 1.82) is 0 Å². The number of hydrogen-bond acceptors (Lipinski definition) is 3. The Labute approximate surface area is 104 Å². The molecule has 2 atom stereocenters. The summed E-state index contributed by atoms with van der Waals surface area (Å²) >= 11 is 0. The van der Waals surface area contributed by atoms with Crippen LogP contribution in [-0.2, 0) is 4.74 Å². The van der Waals surface area contributed by atoms with E-state index >= 15 is 0 Å². The van der Waals surface area contributed by atoms with Gasteiger partial charge in [0.05, 0.1) is 12.7 Å². The molecule has 1 N–H and O–H groups in total. The number of nitrogens with one attached hydrogen (secondary N) is 1. The van der Waals surface area contributed by atoms with Crippen molar-refractivity contribution < 1.29 is 9.47 Å². The maximum Gasteiger partial charge on any atom is 0.119 e. The van der Waals surface area contributed by atoms with Crippen molar-refractivity contribution in [2.45, 2.75) is 32.9 Å². The smallest absolute Gasteiger partial charge is 0.119 e. The Morgan fingerprint density at radius 2 is 1.82 bits per heavy atom. The molecule has 2 unspecified atom stereocenters. The molecule has 0 amide bonds. The second kappa shape index (κ2) is 8.09. The predicted molar refractivity (Wildman–Crippen MR) is 70.5 cm³/mol. The first-order valence-electron chi connectivity index (χ1n) is 6.27. The van der Waals surface area contributed by atoms with Crippen LogP contribution in [0.25, 0.3) is 0 Å². The van der Waals surface area contributed by atoms with Crippen molar-refractivity contribution in [3.63, 3.8) is 0 Å². The molecular weight excluding hydrogens is 214 g/mol. The summed E-state index contributed by atoms with van der Waals surface area (Å²) in [6, 6.07) is 10.2. The summed E-state index contributed by atoms with van der Waals surface area (Å²) in [5, 5.41) is 3.34. The highest BCUT2D eigenvalue weighted by molar-refractivity contribution is 5.20. The SMILES string of the molecule is CCNC(C)C(C)OCCOc1ccccc1. The van der Waals surface area contributed by atoms with E-state index in [0.717, 1.165) is 12.3 Å². The predicted octanol–water partition coefficient (Wildman–Crippen LogP) is 2.47. The fraction of sp³-hybridized carbons (Fsp3) is 0.571. The number of ether oxygens (including phenoxy) is 2. The summed E-state index contributed by atoms with van der Waals surface area (Å²) in [6.07, 6.45) is 0.203. The molecule has 0 fully saturated rings. The monoisotopic (exact) mass is 237 g/mol. The average Bonchev–Trinajstić information content (AvgIpc) is 2.36. The fourth-order valence-corrected chi connectivity index (χ4v) is 1.54. The Balaban J connectivity index is 2.12. The second-order valence-corrected chi connectivity index (χ2v) is 4.08. The Kier molecular flexibility index (Phi) is 6.67. The van der Waals surface area contributed by atoms with Gasteiger partial charge in [0.15, 0.2) is 0 Å². The maximum absolute atomic E-state index is 5.69. The number of benzene rings is 1. The first-order valence-corrected chi connectivity index (χ1v) is 6.27. The normalized spacial score (nSPS) is 14.3. The summed E-state index contributed by atoms with van der Waals surface area (Å²) in [5.74, 6) is 0.892. The maximum atomic E-state index is 5.69. The largest absolute Gasteiger partial charge is 0.491 e. The number of para-hydroxylation sites is 1. The van der Waals surface area contributed by atoms with E-state index in [4.69, 9.17) is 9.47 Å². The van der Waals surface area contributed by atoms with Crippen LogP contribution in [0.4, 0.5) is 0 Å². The van der Waals surface area contributed by atoms with Crippen LogP contribution in [0.15, 0.2) is 30.3 Å². The minimum absolute atomic E-state index is 0.203. The van der Waals surface area contributed by atoms with Crippen molar-refractivity contribution in [2.24, 2.45) is 0 Å². The summed E-state index contributed by atoms with van der Waals surface area (Å²) < 4.78 is 11.2. The minimum Gasteiger partial charge on any atom is -0.491 e. The number of likely N-dealkylation sites (N-methyl/N-ethyl adjacent to an activating group) is 1. The molecule has 0 bridgehead atoms. The average molecular weight is 237 g/mol. The third-order valence-corrected chi connectivity index (χ3v) is 2.71. The van der Waals surface area contributed by atoms with Crippen LogP contribution in [0.1, 0.15) is 20.8 Å². The molecule has 0 aliphatic rings. The van der Waals surface area contributed by atoms with Gasteiger partial charge in [-0.15, -0.1) is 0 Å². The van der Waals surface area contributed by atoms with Gasteiger partial charge in [-0.1, -0.05) is 25.1 Å². The van der Waals surface area contributed by atoms with Crippen LogP contribution in [0, 0.1) is 0 Å². The van der Waals surface area contributed by atoms with E-state index in [1.54, 1.807) is 0 Å². The highest BCUT2D eigenvalue weighted by atomic mass is 16.5. The molecule has 1 rings (SSSR count). The highest BCUT2D eigenvalue weighted by Crippen LogP contribution is 2.08. The molecule has 1 aromatic carbocycles. The van der Waals surface area contributed by atoms with Gasteiger partial charge in [-0.05, 0) is 32.5 Å². The van der Waals surface area contributed by atoms with Crippen LogP contribution in [0.5, 0.6) is 5.75 Å². The third-order valence-electron chi connectivity index (χ3n) is 2.71. The molecule has 17 heavy (non-hydrogen) atoms. The van der Waals surface area contributed by atoms with Gasteiger partial charge < -0.3 is 14.8 Å². The van der Waals surface area contributed by atoms with Crippen LogP contribution in [-0.4, -0.2) is 31.9 Å². The van der Waals surface area contributed by atoms with Gasteiger partial charge in [-0.3, -0.25) is 0 Å². The molecule has 96 valence electrons. The highest BCUT2D eigenvalue weighted by Gasteiger charge is 2.10. The van der Waals surface area contributed by atoms with Crippen molar-refractivity contribution >= 4 is 0 Å². The van der Waals surface area contributed by atoms with Crippen molar-refractivity contribution in [2.75, 3.05) is 19.8 Å². The molecular formula is C14H23NO2. The summed E-state index contributed by atoms with van der Waals surface area (Å²) in [4.78, 5) is 0. The van der Waals surface area contributed by atoms with Crippen LogP contribution >= 0.6 is 0 Å². The second-order valence-electron chi connectivity index (χ2n) is 4.08. The fourth-order valence-electron chi connectivity index (χ4n) is 1.54. The Hall–Kier alpha value is -1.06. The van der Waals surface area contributed by atoms with Crippen LogP contribution < -0.4 is 10.1 Å². The van der Waals surface area contributed by atoms with E-state index < -0.39 is 0 Å². The van der Waals surface area contributed by atoms with E-state index in [-0.39, 0.29) is 6.10 Å². The lowest BCUT2D eigenvalue weighted by molar-refractivity contribution is 0.0261. The van der Waals surface area contributed by atoms with E-state index in [1.807, 2.05) is 30.3 Å². The third kappa shape index (κ3) is 5.71. The van der Waals surface area contributed by atoms with Crippen LogP contribution in [0.3, 0.4) is 0 Å². The molecule has 0 saturated heterocycles. The molecule has 0 spiro atoms. The number of rotatable bonds is 8. The van der Waals surface area contributed by atoms with E-state index in [2.05, 4.69) is 26.1 Å². The minimum atomic E-state index is 0.203. The van der Waals surface area contributed by atoms with E-state index in [9.17, 15) is 0 Å². The summed E-state index contributed by atoms with van der Waals surface area (Å²) in [5.41, 5.74) is 0. The lowest BCUT2D eigenvalue weighted by Crippen LogP contribution is -2.37. The van der Waals surface area contributed by atoms with Gasteiger partial charge in [0.2, 0.25) is 0 Å². The topological polar surface area (TPSA) is 30.5 Å². The number of hydrogen-bond donors (Lipinski definition) is 1. The summed E-state index contributed by atoms with van der Waals surface area (Å²) in [7, 11) is 0. The van der Waals surface area contributed by atoms with E-state index in [1.165, 1.54) is 0 Å². The molecule has 3 nitrogen and oxygen atoms in total. The Morgan fingerprint density at radius 1 is 1.12 bits per heavy atom. The zero-order chi connectivity index (χ0) is 12.5. The van der Waals surface area contributed by atoms with Crippen molar-refractivity contribution in [1.82, 2.24) is 5.32 Å². The summed E-state index contributed by atoms with van der Waals surface area (Å²) in [6.45, 7) is 8.48. The molecule has 0 aliphatic heterocycles. The standard InChI is InChI=1S/C14H23NO2/c1-4-15-12(2)13(3)16-10-11-17-14-8-6-5-7-9-14/h5-9,12-13,15H,4,10-11H2,1-3H3. The molecule has 0 saturated carbocycles. The first kappa shape index (κ1) is 14.0. The van der Waals surface area contributed by atoms with Gasteiger partial charge in [0.1, 0.15) is 12.4 Å². The Morgan fingerprint density at radius 3 is 2.47 bits per heavy atom. The van der Waals surface area contributed by atoms with Crippen molar-refractivity contribution in [3.05, 3.63) is 30.3 Å².